The standard InChI is InChI=1S/C44H26S/c1-5-13-27(14-6-1)35-25-37-31-21-23-33-41-34(24-22-32(40(31)41)38(37)26-36(35)28-15-7-2-8-16-28)44-42(33)39(29-17-9-3-10-18-29)43(45-44)30-19-11-4-12-20-30/h1-26H. The Morgan fingerprint density at radius 3 is 1.22 bits per heavy atom. The molecule has 208 valence electrons. The normalized spacial score (nSPS) is 12.0. The Kier molecular flexibility index (Phi) is 5.25. The average Bonchev–Trinajstić information content (AvgIpc) is 3.76. The number of thiophene rings is 1. The van der Waals surface area contributed by atoms with E-state index in [1.165, 1.54) is 98.4 Å². The van der Waals surface area contributed by atoms with E-state index in [1.54, 1.807) is 0 Å². The van der Waals surface area contributed by atoms with Crippen LogP contribution in [0.4, 0.5) is 0 Å². The molecule has 0 spiro atoms. The second-order valence-corrected chi connectivity index (χ2v) is 13.0. The Hall–Kier alpha value is -5.50. The van der Waals surface area contributed by atoms with E-state index < -0.39 is 0 Å². The molecule has 0 atom stereocenters. The Bertz CT molecular complexity index is 2360. The van der Waals surface area contributed by atoms with Crippen LogP contribution in [0, 0.1) is 0 Å². The van der Waals surface area contributed by atoms with E-state index in [-0.39, 0.29) is 0 Å². The van der Waals surface area contributed by atoms with Gasteiger partial charge in [-0.25, -0.2) is 0 Å². The summed E-state index contributed by atoms with van der Waals surface area (Å²) in [5.41, 5.74) is 18.4. The number of rotatable bonds is 4. The third-order valence-electron chi connectivity index (χ3n) is 9.59. The number of hydrogen-bond donors (Lipinski definition) is 0. The summed E-state index contributed by atoms with van der Waals surface area (Å²) in [6, 6.07) is 58.0. The molecule has 45 heavy (non-hydrogen) atoms. The molecule has 0 radical (unpaired) electrons. The van der Waals surface area contributed by atoms with Crippen LogP contribution in [0.3, 0.4) is 0 Å². The van der Waals surface area contributed by atoms with Crippen molar-refractivity contribution in [2.24, 2.45) is 0 Å². The minimum Gasteiger partial charge on any atom is -0.134 e. The van der Waals surface area contributed by atoms with E-state index in [2.05, 4.69) is 158 Å². The van der Waals surface area contributed by atoms with Crippen molar-refractivity contribution < 1.29 is 0 Å². The first-order valence-electron chi connectivity index (χ1n) is 15.5. The van der Waals surface area contributed by atoms with Gasteiger partial charge in [0.05, 0.1) is 0 Å². The van der Waals surface area contributed by atoms with Crippen LogP contribution in [0.5, 0.6) is 0 Å². The average molecular weight is 587 g/mol. The van der Waals surface area contributed by atoms with E-state index in [0.717, 1.165) is 0 Å². The molecule has 0 nitrogen and oxygen atoms in total. The van der Waals surface area contributed by atoms with Crippen LogP contribution in [-0.4, -0.2) is 0 Å². The molecule has 0 bridgehead atoms. The highest BCUT2D eigenvalue weighted by Crippen LogP contribution is 2.62. The van der Waals surface area contributed by atoms with E-state index in [1.807, 2.05) is 11.3 Å². The highest BCUT2D eigenvalue weighted by Gasteiger charge is 2.34. The number of benzene rings is 7. The number of fused-ring (bicyclic) bond motifs is 6. The van der Waals surface area contributed by atoms with Gasteiger partial charge in [0, 0.05) is 26.4 Å². The van der Waals surface area contributed by atoms with Gasteiger partial charge in [0.25, 0.3) is 0 Å². The van der Waals surface area contributed by atoms with Gasteiger partial charge in [0.15, 0.2) is 0 Å². The molecule has 7 aromatic carbocycles. The van der Waals surface area contributed by atoms with Crippen molar-refractivity contribution in [1.82, 2.24) is 0 Å². The molecule has 1 aromatic heterocycles. The minimum atomic E-state index is 1.25. The zero-order valence-corrected chi connectivity index (χ0v) is 25.2. The molecule has 0 saturated carbocycles. The zero-order valence-electron chi connectivity index (χ0n) is 24.4. The molecule has 1 heterocycles. The van der Waals surface area contributed by atoms with Gasteiger partial charge < -0.3 is 0 Å². The minimum absolute atomic E-state index is 1.25. The fourth-order valence-corrected chi connectivity index (χ4v) is 9.03. The predicted octanol–water partition coefficient (Wildman–Crippen LogP) is 12.9. The molecular weight excluding hydrogens is 561 g/mol. The Morgan fingerprint density at radius 1 is 0.267 bits per heavy atom. The van der Waals surface area contributed by atoms with E-state index in [9.17, 15) is 0 Å². The fraction of sp³-hybridized carbons (Fsp3) is 0. The van der Waals surface area contributed by atoms with Crippen molar-refractivity contribution >= 4 is 22.1 Å². The largest absolute Gasteiger partial charge is 0.134 e. The van der Waals surface area contributed by atoms with Crippen molar-refractivity contribution in [3.8, 4) is 87.6 Å². The lowest BCUT2D eigenvalue weighted by Crippen LogP contribution is -1.88. The third-order valence-corrected chi connectivity index (χ3v) is 10.9. The first-order chi connectivity index (χ1) is 22.3. The molecule has 0 unspecified atom stereocenters. The van der Waals surface area contributed by atoms with Gasteiger partial charge in [0.2, 0.25) is 0 Å². The van der Waals surface area contributed by atoms with Crippen LogP contribution in [-0.2, 0) is 0 Å². The summed E-state index contributed by atoms with van der Waals surface area (Å²) in [6.07, 6.45) is 0. The van der Waals surface area contributed by atoms with Gasteiger partial charge in [-0.05, 0) is 84.1 Å². The summed E-state index contributed by atoms with van der Waals surface area (Å²) >= 11 is 1.94. The lowest BCUT2D eigenvalue weighted by atomic mass is 9.89. The molecular formula is C44H26S. The molecule has 0 aliphatic heterocycles. The molecule has 8 aromatic rings. The fourth-order valence-electron chi connectivity index (χ4n) is 7.65. The lowest BCUT2D eigenvalue weighted by Gasteiger charge is -2.14. The lowest BCUT2D eigenvalue weighted by molar-refractivity contribution is 1.58. The highest BCUT2D eigenvalue weighted by atomic mass is 32.1. The van der Waals surface area contributed by atoms with Crippen molar-refractivity contribution in [2.75, 3.05) is 0 Å². The molecule has 0 fully saturated rings. The maximum Gasteiger partial charge on any atom is 0.0440 e. The van der Waals surface area contributed by atoms with E-state index >= 15 is 0 Å². The van der Waals surface area contributed by atoms with Crippen LogP contribution < -0.4 is 0 Å². The third kappa shape index (κ3) is 3.53. The smallest absolute Gasteiger partial charge is 0.0440 e. The summed E-state index contributed by atoms with van der Waals surface area (Å²) in [5, 5.41) is 2.80. The van der Waals surface area contributed by atoms with Gasteiger partial charge in [0.1, 0.15) is 0 Å². The SMILES string of the molecule is c1ccc(-c2cc3c(cc2-c2ccccc2)-c2ccc4c5c(ccc-3c25)-c2sc(-c3ccccc3)c(-c3ccccc3)c2-4)cc1. The first-order valence-corrected chi connectivity index (χ1v) is 16.3. The van der Waals surface area contributed by atoms with Crippen molar-refractivity contribution in [3.63, 3.8) is 0 Å². The molecule has 10 rings (SSSR count). The van der Waals surface area contributed by atoms with Crippen LogP contribution in [0.1, 0.15) is 0 Å². The summed E-state index contributed by atoms with van der Waals surface area (Å²) in [7, 11) is 0. The molecule has 0 N–H and O–H groups in total. The van der Waals surface area contributed by atoms with Crippen molar-refractivity contribution in [1.29, 1.82) is 0 Å². The Balaban J connectivity index is 1.24. The zero-order chi connectivity index (χ0) is 29.5. The Morgan fingerprint density at radius 2 is 0.689 bits per heavy atom. The molecule has 2 aliphatic rings. The maximum absolute atomic E-state index is 2.44. The van der Waals surface area contributed by atoms with E-state index in [0.29, 0.717) is 0 Å². The maximum atomic E-state index is 2.44. The van der Waals surface area contributed by atoms with Gasteiger partial charge in [-0.1, -0.05) is 146 Å². The van der Waals surface area contributed by atoms with Crippen molar-refractivity contribution in [2.45, 2.75) is 0 Å². The van der Waals surface area contributed by atoms with Crippen LogP contribution >= 0.6 is 11.3 Å². The summed E-state index contributed by atoms with van der Waals surface area (Å²) in [4.78, 5) is 2.73. The van der Waals surface area contributed by atoms with Crippen LogP contribution in [0.25, 0.3) is 98.4 Å². The topological polar surface area (TPSA) is 0 Å². The van der Waals surface area contributed by atoms with Gasteiger partial charge in [-0.15, -0.1) is 11.3 Å². The predicted molar refractivity (Wildman–Crippen MR) is 192 cm³/mol. The van der Waals surface area contributed by atoms with E-state index in [4.69, 9.17) is 0 Å². The molecule has 0 saturated heterocycles. The first kappa shape index (κ1) is 24.9. The molecule has 2 aliphatic carbocycles. The Labute approximate surface area is 266 Å². The molecule has 1 heteroatoms. The highest BCUT2D eigenvalue weighted by molar-refractivity contribution is 7.20. The second kappa shape index (κ2) is 9.50. The van der Waals surface area contributed by atoms with Gasteiger partial charge >= 0.3 is 0 Å². The second-order valence-electron chi connectivity index (χ2n) is 12.0. The number of hydrogen-bond acceptors (Lipinski definition) is 1. The van der Waals surface area contributed by atoms with Gasteiger partial charge in [-0.3, -0.25) is 0 Å². The monoisotopic (exact) mass is 586 g/mol. The van der Waals surface area contributed by atoms with Gasteiger partial charge in [-0.2, -0.15) is 0 Å². The summed E-state index contributed by atoms with van der Waals surface area (Å²) < 4.78 is 0. The summed E-state index contributed by atoms with van der Waals surface area (Å²) in [6.45, 7) is 0. The quantitative estimate of drug-likeness (QED) is 0.192. The van der Waals surface area contributed by atoms with Crippen LogP contribution in [0.2, 0.25) is 0 Å². The molecule has 0 amide bonds. The van der Waals surface area contributed by atoms with Crippen molar-refractivity contribution in [3.05, 3.63) is 158 Å². The van der Waals surface area contributed by atoms with Crippen LogP contribution in [0.15, 0.2) is 158 Å². The summed E-state index contributed by atoms with van der Waals surface area (Å²) in [5.74, 6) is 0.